The molecular formula is C32H42N4O2. The van der Waals surface area contributed by atoms with Crippen molar-refractivity contribution >= 4 is 22.9 Å². The van der Waals surface area contributed by atoms with Gasteiger partial charge in [0, 0.05) is 43.5 Å². The van der Waals surface area contributed by atoms with E-state index in [9.17, 15) is 9.59 Å². The molecule has 6 nitrogen and oxygen atoms in total. The Bertz CT molecular complexity index is 1340. The minimum atomic E-state index is 0.0446. The van der Waals surface area contributed by atoms with Crippen LogP contribution in [0.4, 0.5) is 0 Å². The fourth-order valence-electron chi connectivity index (χ4n) is 4.65. The second-order valence-electron chi connectivity index (χ2n) is 9.69. The van der Waals surface area contributed by atoms with Crippen LogP contribution < -0.4 is 5.32 Å². The first-order valence-corrected chi connectivity index (χ1v) is 13.8. The molecule has 3 heterocycles. The van der Waals surface area contributed by atoms with Gasteiger partial charge in [-0.1, -0.05) is 71.0 Å². The molecule has 0 atom stereocenters. The number of carbonyl (C=O) groups excluding carboxylic acids is 2. The molecule has 0 unspecified atom stereocenters. The SMILES string of the molecule is CC.CCc1c(-c2ccccc2C(/C=C\C(C)C)=C(\C)C(C)=O)nc2cc(C(=O)N3CCNCC3)ccn12. The molecule has 1 aromatic carbocycles. The first-order chi connectivity index (χ1) is 18.3. The fraction of sp³-hybridized carbons (Fsp3) is 0.406. The number of nitrogens with one attached hydrogen (secondary N) is 1. The van der Waals surface area contributed by atoms with Gasteiger partial charge in [0.25, 0.3) is 5.91 Å². The summed E-state index contributed by atoms with van der Waals surface area (Å²) in [5.41, 5.74) is 6.98. The van der Waals surface area contributed by atoms with Gasteiger partial charge in [-0.05, 0) is 55.0 Å². The minimum Gasteiger partial charge on any atom is -0.336 e. The number of carbonyl (C=O) groups is 2. The summed E-state index contributed by atoms with van der Waals surface area (Å²) in [5.74, 6) is 0.457. The summed E-state index contributed by atoms with van der Waals surface area (Å²) in [4.78, 5) is 32.4. The van der Waals surface area contributed by atoms with E-state index in [1.807, 2.05) is 56.1 Å². The Kier molecular flexibility index (Phi) is 10.2. The van der Waals surface area contributed by atoms with Crippen molar-refractivity contribution in [2.75, 3.05) is 26.2 Å². The van der Waals surface area contributed by atoms with Gasteiger partial charge in [-0.25, -0.2) is 4.98 Å². The molecule has 1 N–H and O–H groups in total. The van der Waals surface area contributed by atoms with Crippen molar-refractivity contribution in [2.24, 2.45) is 5.92 Å². The van der Waals surface area contributed by atoms with Gasteiger partial charge in [0.1, 0.15) is 5.65 Å². The Morgan fingerprint density at radius 2 is 1.76 bits per heavy atom. The number of imidazole rings is 1. The molecule has 0 saturated carbocycles. The fourth-order valence-corrected chi connectivity index (χ4v) is 4.65. The van der Waals surface area contributed by atoms with Crippen LogP contribution >= 0.6 is 0 Å². The maximum absolute atomic E-state index is 13.1. The highest BCUT2D eigenvalue weighted by atomic mass is 16.2. The number of nitrogens with zero attached hydrogens (tertiary/aromatic N) is 3. The van der Waals surface area contributed by atoms with E-state index in [1.54, 1.807) is 6.92 Å². The van der Waals surface area contributed by atoms with E-state index in [0.717, 1.165) is 58.8 Å². The molecule has 2 aromatic heterocycles. The topological polar surface area (TPSA) is 66.7 Å². The number of fused-ring (bicyclic) bond motifs is 1. The highest BCUT2D eigenvalue weighted by molar-refractivity contribution is 6.04. The lowest BCUT2D eigenvalue weighted by atomic mass is 9.91. The largest absolute Gasteiger partial charge is 0.336 e. The van der Waals surface area contributed by atoms with Gasteiger partial charge in [0.2, 0.25) is 0 Å². The van der Waals surface area contributed by atoms with Crippen LogP contribution in [0.5, 0.6) is 0 Å². The van der Waals surface area contributed by atoms with Crippen LogP contribution in [0.3, 0.4) is 0 Å². The molecule has 1 amide bonds. The van der Waals surface area contributed by atoms with Gasteiger partial charge in [-0.2, -0.15) is 0 Å². The first kappa shape index (κ1) is 29.1. The third-order valence-electron chi connectivity index (χ3n) is 6.76. The summed E-state index contributed by atoms with van der Waals surface area (Å²) in [6, 6.07) is 11.9. The van der Waals surface area contributed by atoms with E-state index in [-0.39, 0.29) is 11.7 Å². The Balaban J connectivity index is 0.00000195. The van der Waals surface area contributed by atoms with E-state index < -0.39 is 0 Å². The molecule has 202 valence electrons. The number of rotatable bonds is 7. The number of aromatic nitrogens is 2. The summed E-state index contributed by atoms with van der Waals surface area (Å²) in [6.45, 7) is 16.9. The van der Waals surface area contributed by atoms with Crippen molar-refractivity contribution < 1.29 is 9.59 Å². The lowest BCUT2D eigenvalue weighted by molar-refractivity contribution is -0.113. The van der Waals surface area contributed by atoms with E-state index in [2.05, 4.69) is 54.8 Å². The van der Waals surface area contributed by atoms with Crippen LogP contribution in [0.15, 0.2) is 60.3 Å². The van der Waals surface area contributed by atoms with Crippen molar-refractivity contribution in [1.82, 2.24) is 19.6 Å². The molecule has 0 bridgehead atoms. The summed E-state index contributed by atoms with van der Waals surface area (Å²) < 4.78 is 2.08. The molecule has 6 heteroatoms. The average Bonchev–Trinajstić information content (AvgIpc) is 3.32. The van der Waals surface area contributed by atoms with Crippen molar-refractivity contribution in [1.29, 1.82) is 0 Å². The highest BCUT2D eigenvalue weighted by Gasteiger charge is 2.21. The van der Waals surface area contributed by atoms with Crippen molar-refractivity contribution in [2.45, 2.75) is 54.9 Å². The smallest absolute Gasteiger partial charge is 0.254 e. The number of piperazine rings is 1. The van der Waals surface area contributed by atoms with Crippen LogP contribution in [-0.4, -0.2) is 52.2 Å². The molecule has 4 rings (SSSR count). The summed E-state index contributed by atoms with van der Waals surface area (Å²) in [5, 5.41) is 3.29. The predicted octanol–water partition coefficient (Wildman–Crippen LogP) is 6.21. The molecule has 3 aromatic rings. The van der Waals surface area contributed by atoms with E-state index >= 15 is 0 Å². The van der Waals surface area contributed by atoms with Crippen LogP contribution in [-0.2, 0) is 11.2 Å². The van der Waals surface area contributed by atoms with Crippen molar-refractivity contribution in [3.8, 4) is 11.3 Å². The van der Waals surface area contributed by atoms with E-state index in [1.165, 1.54) is 0 Å². The Labute approximate surface area is 227 Å². The number of benzene rings is 1. The molecule has 38 heavy (non-hydrogen) atoms. The zero-order chi connectivity index (χ0) is 27.8. The highest BCUT2D eigenvalue weighted by Crippen LogP contribution is 2.34. The normalized spacial score (nSPS) is 14.5. The number of Topliss-reactive ketones (excluding diaryl/α,β-unsaturated/α-hetero) is 1. The van der Waals surface area contributed by atoms with Crippen molar-refractivity contribution in [3.63, 3.8) is 0 Å². The van der Waals surface area contributed by atoms with Crippen LogP contribution in [0.1, 0.15) is 70.1 Å². The van der Waals surface area contributed by atoms with Gasteiger partial charge in [0.05, 0.1) is 11.4 Å². The number of aryl methyl sites for hydroxylation is 1. The Morgan fingerprint density at radius 1 is 1.08 bits per heavy atom. The molecule has 1 saturated heterocycles. The van der Waals surface area contributed by atoms with Gasteiger partial charge in [-0.3, -0.25) is 9.59 Å². The maximum atomic E-state index is 13.1. The number of ketones is 1. The molecule has 1 aliphatic rings. The number of hydrogen-bond acceptors (Lipinski definition) is 4. The van der Waals surface area contributed by atoms with E-state index in [4.69, 9.17) is 4.98 Å². The zero-order valence-electron chi connectivity index (χ0n) is 24.0. The third kappa shape index (κ3) is 6.30. The van der Waals surface area contributed by atoms with Gasteiger partial charge in [0.15, 0.2) is 5.78 Å². The van der Waals surface area contributed by atoms with Gasteiger partial charge >= 0.3 is 0 Å². The third-order valence-corrected chi connectivity index (χ3v) is 6.76. The average molecular weight is 515 g/mol. The van der Waals surface area contributed by atoms with Crippen LogP contribution in [0.2, 0.25) is 0 Å². The maximum Gasteiger partial charge on any atom is 0.254 e. The molecular weight excluding hydrogens is 472 g/mol. The molecule has 0 spiro atoms. The Morgan fingerprint density at radius 3 is 2.39 bits per heavy atom. The number of amides is 1. The van der Waals surface area contributed by atoms with Crippen molar-refractivity contribution in [3.05, 3.63) is 77.1 Å². The molecule has 0 radical (unpaired) electrons. The first-order valence-electron chi connectivity index (χ1n) is 13.8. The Hall–Kier alpha value is -3.51. The molecule has 1 aliphatic heterocycles. The summed E-state index contributed by atoms with van der Waals surface area (Å²) >= 11 is 0. The number of allylic oxidation sites excluding steroid dienone is 4. The van der Waals surface area contributed by atoms with Gasteiger partial charge < -0.3 is 14.6 Å². The monoisotopic (exact) mass is 514 g/mol. The zero-order valence-corrected chi connectivity index (χ0v) is 24.0. The number of pyridine rings is 1. The quantitative estimate of drug-likeness (QED) is 0.301. The number of hydrogen-bond donors (Lipinski definition) is 1. The van der Waals surface area contributed by atoms with Crippen LogP contribution in [0.25, 0.3) is 22.5 Å². The standard InChI is InChI=1S/C30H36N4O2.C2H6/c1-6-27-29(26-10-8-7-9-25(26)24(12-11-20(2)3)21(4)22(5)35)32-28-19-23(13-16-34(27)28)30(36)33-17-14-31-15-18-33;1-2/h7-13,16,19-20,31H,6,14-15,17-18H2,1-5H3;1-2H3/b12-11-,24-21+;. The molecule has 0 aliphatic carbocycles. The molecule has 1 fully saturated rings. The lowest BCUT2D eigenvalue weighted by Gasteiger charge is -2.27. The second-order valence-corrected chi connectivity index (χ2v) is 9.69. The van der Waals surface area contributed by atoms with E-state index in [0.29, 0.717) is 24.6 Å². The van der Waals surface area contributed by atoms with Crippen LogP contribution in [0, 0.1) is 5.92 Å². The summed E-state index contributed by atoms with van der Waals surface area (Å²) in [7, 11) is 0. The van der Waals surface area contributed by atoms with Gasteiger partial charge in [-0.15, -0.1) is 0 Å². The lowest BCUT2D eigenvalue weighted by Crippen LogP contribution is -2.46. The minimum absolute atomic E-state index is 0.0446. The predicted molar refractivity (Wildman–Crippen MR) is 157 cm³/mol. The summed E-state index contributed by atoms with van der Waals surface area (Å²) in [6.07, 6.45) is 6.92. The second kappa shape index (κ2) is 13.3.